The summed E-state index contributed by atoms with van der Waals surface area (Å²) in [4.78, 5) is 1.87. The quantitative estimate of drug-likeness (QED) is 0.826. The molecule has 0 radical (unpaired) electrons. The molecule has 0 aliphatic rings. The summed E-state index contributed by atoms with van der Waals surface area (Å²) in [6, 6.07) is 9.29. The molecular formula is C14H14F2N2. The molecule has 4 heteroatoms. The van der Waals surface area contributed by atoms with E-state index in [1.54, 1.807) is 18.2 Å². The van der Waals surface area contributed by atoms with Crippen molar-refractivity contribution < 1.29 is 8.78 Å². The Bertz CT molecular complexity index is 557. The minimum atomic E-state index is -0.650. The van der Waals surface area contributed by atoms with Crippen LogP contribution in [0.25, 0.3) is 11.1 Å². The summed E-state index contributed by atoms with van der Waals surface area (Å²) in [7, 11) is 3.74. The van der Waals surface area contributed by atoms with E-state index in [-0.39, 0.29) is 11.3 Å². The number of hydrogen-bond donors (Lipinski definition) is 1. The normalized spacial score (nSPS) is 10.4. The van der Waals surface area contributed by atoms with Crippen molar-refractivity contribution in [2.75, 3.05) is 24.7 Å². The Balaban J connectivity index is 2.59. The number of nitrogens with zero attached hydrogens (tertiary/aromatic N) is 1. The van der Waals surface area contributed by atoms with Gasteiger partial charge in [0, 0.05) is 25.5 Å². The topological polar surface area (TPSA) is 29.3 Å². The summed E-state index contributed by atoms with van der Waals surface area (Å²) < 4.78 is 27.6. The van der Waals surface area contributed by atoms with Crippen molar-refractivity contribution in [2.45, 2.75) is 0 Å². The molecule has 0 unspecified atom stereocenters. The van der Waals surface area contributed by atoms with Crippen molar-refractivity contribution >= 4 is 11.4 Å². The van der Waals surface area contributed by atoms with Crippen molar-refractivity contribution in [3.8, 4) is 11.1 Å². The average molecular weight is 248 g/mol. The molecule has 18 heavy (non-hydrogen) atoms. The SMILES string of the molecule is CN(C)c1cccc(-c2c(F)cc(N)cc2F)c1. The van der Waals surface area contributed by atoms with Crippen LogP contribution in [0, 0.1) is 11.6 Å². The van der Waals surface area contributed by atoms with Gasteiger partial charge in [-0.05, 0) is 29.8 Å². The zero-order valence-electron chi connectivity index (χ0n) is 10.2. The third-order valence-corrected chi connectivity index (χ3v) is 2.72. The lowest BCUT2D eigenvalue weighted by Gasteiger charge is -2.14. The minimum absolute atomic E-state index is 0.0482. The van der Waals surface area contributed by atoms with Gasteiger partial charge in [0.2, 0.25) is 0 Å². The molecule has 2 N–H and O–H groups in total. The second-order valence-electron chi connectivity index (χ2n) is 4.30. The van der Waals surface area contributed by atoms with Crippen molar-refractivity contribution in [3.05, 3.63) is 48.0 Å². The summed E-state index contributed by atoms with van der Waals surface area (Å²) in [6.45, 7) is 0. The van der Waals surface area contributed by atoms with Crippen molar-refractivity contribution in [3.63, 3.8) is 0 Å². The molecule has 0 spiro atoms. The fourth-order valence-corrected chi connectivity index (χ4v) is 1.81. The monoisotopic (exact) mass is 248 g/mol. The van der Waals surface area contributed by atoms with E-state index in [1.165, 1.54) is 0 Å². The summed E-state index contributed by atoms with van der Waals surface area (Å²) in [5.74, 6) is -1.30. The van der Waals surface area contributed by atoms with Crippen LogP contribution in [0.1, 0.15) is 0 Å². The molecule has 0 aliphatic carbocycles. The molecular weight excluding hydrogens is 234 g/mol. The highest BCUT2D eigenvalue weighted by Gasteiger charge is 2.13. The molecule has 2 aromatic carbocycles. The Hall–Kier alpha value is -2.10. The van der Waals surface area contributed by atoms with Gasteiger partial charge in [-0.3, -0.25) is 0 Å². The molecule has 94 valence electrons. The highest BCUT2D eigenvalue weighted by atomic mass is 19.1. The van der Waals surface area contributed by atoms with Gasteiger partial charge in [-0.15, -0.1) is 0 Å². The van der Waals surface area contributed by atoms with E-state index in [4.69, 9.17) is 5.73 Å². The molecule has 2 rings (SSSR count). The number of benzene rings is 2. The molecule has 0 fully saturated rings. The van der Waals surface area contributed by atoms with Gasteiger partial charge in [0.1, 0.15) is 11.6 Å². The lowest BCUT2D eigenvalue weighted by molar-refractivity contribution is 0.591. The summed E-state index contributed by atoms with van der Waals surface area (Å²) in [5, 5.41) is 0. The van der Waals surface area contributed by atoms with Gasteiger partial charge in [0.25, 0.3) is 0 Å². The van der Waals surface area contributed by atoms with Crippen LogP contribution in [-0.4, -0.2) is 14.1 Å². The van der Waals surface area contributed by atoms with E-state index in [0.29, 0.717) is 5.56 Å². The minimum Gasteiger partial charge on any atom is -0.399 e. The van der Waals surface area contributed by atoms with Gasteiger partial charge in [0.15, 0.2) is 0 Å². The van der Waals surface area contributed by atoms with Crippen LogP contribution in [0.5, 0.6) is 0 Å². The smallest absolute Gasteiger partial charge is 0.136 e. The molecule has 0 aromatic heterocycles. The number of halogens is 2. The molecule has 0 atom stereocenters. The highest BCUT2D eigenvalue weighted by Crippen LogP contribution is 2.30. The molecule has 0 heterocycles. The molecule has 0 bridgehead atoms. The summed E-state index contributed by atoms with van der Waals surface area (Å²) in [5.41, 5.74) is 6.80. The Morgan fingerprint density at radius 1 is 1.00 bits per heavy atom. The first-order valence-electron chi connectivity index (χ1n) is 5.51. The standard InChI is InChI=1S/C14H14F2N2/c1-18(2)11-5-3-4-9(6-11)14-12(15)7-10(17)8-13(14)16/h3-8H,17H2,1-2H3. The number of nitrogen functional groups attached to an aromatic ring is 1. The number of nitrogens with two attached hydrogens (primary N) is 1. The first-order chi connectivity index (χ1) is 8.49. The molecule has 0 aliphatic heterocycles. The number of anilines is 2. The zero-order valence-corrected chi connectivity index (χ0v) is 10.2. The van der Waals surface area contributed by atoms with Gasteiger partial charge >= 0.3 is 0 Å². The van der Waals surface area contributed by atoms with Crippen molar-refractivity contribution in [2.24, 2.45) is 0 Å². The second-order valence-corrected chi connectivity index (χ2v) is 4.30. The Morgan fingerprint density at radius 2 is 1.61 bits per heavy atom. The van der Waals surface area contributed by atoms with Gasteiger partial charge < -0.3 is 10.6 Å². The maximum absolute atomic E-state index is 13.8. The van der Waals surface area contributed by atoms with Crippen LogP contribution in [0.2, 0.25) is 0 Å². The third kappa shape index (κ3) is 2.27. The fraction of sp³-hybridized carbons (Fsp3) is 0.143. The summed E-state index contributed by atoms with van der Waals surface area (Å²) >= 11 is 0. The molecule has 0 amide bonds. The molecule has 0 saturated carbocycles. The first kappa shape index (κ1) is 12.4. The summed E-state index contributed by atoms with van der Waals surface area (Å²) in [6.07, 6.45) is 0. The van der Waals surface area contributed by atoms with Gasteiger partial charge in [-0.2, -0.15) is 0 Å². The van der Waals surface area contributed by atoms with E-state index in [9.17, 15) is 8.78 Å². The molecule has 2 nitrogen and oxygen atoms in total. The first-order valence-corrected chi connectivity index (χ1v) is 5.51. The molecule has 2 aromatic rings. The maximum Gasteiger partial charge on any atom is 0.136 e. The predicted octanol–water partition coefficient (Wildman–Crippen LogP) is 3.28. The third-order valence-electron chi connectivity index (χ3n) is 2.72. The Morgan fingerprint density at radius 3 is 2.17 bits per heavy atom. The largest absolute Gasteiger partial charge is 0.399 e. The van der Waals surface area contributed by atoms with Gasteiger partial charge in [0.05, 0.1) is 5.56 Å². The lowest BCUT2D eigenvalue weighted by atomic mass is 10.0. The average Bonchev–Trinajstić information content (AvgIpc) is 2.28. The van der Waals surface area contributed by atoms with Crippen LogP contribution >= 0.6 is 0 Å². The van der Waals surface area contributed by atoms with Gasteiger partial charge in [-0.1, -0.05) is 12.1 Å². The van der Waals surface area contributed by atoms with Crippen LogP contribution in [0.15, 0.2) is 36.4 Å². The highest BCUT2D eigenvalue weighted by molar-refractivity contribution is 5.71. The van der Waals surface area contributed by atoms with E-state index < -0.39 is 11.6 Å². The maximum atomic E-state index is 13.8. The van der Waals surface area contributed by atoms with E-state index in [1.807, 2.05) is 25.1 Å². The van der Waals surface area contributed by atoms with Gasteiger partial charge in [-0.25, -0.2) is 8.78 Å². The van der Waals surface area contributed by atoms with Crippen molar-refractivity contribution in [1.82, 2.24) is 0 Å². The second kappa shape index (κ2) is 4.64. The number of rotatable bonds is 2. The van der Waals surface area contributed by atoms with E-state index >= 15 is 0 Å². The lowest BCUT2D eigenvalue weighted by Crippen LogP contribution is -2.08. The van der Waals surface area contributed by atoms with Crippen LogP contribution in [-0.2, 0) is 0 Å². The zero-order chi connectivity index (χ0) is 13.3. The van der Waals surface area contributed by atoms with E-state index in [2.05, 4.69) is 0 Å². The Labute approximate surface area is 105 Å². The van der Waals surface area contributed by atoms with Crippen molar-refractivity contribution in [1.29, 1.82) is 0 Å². The van der Waals surface area contributed by atoms with Crippen LogP contribution < -0.4 is 10.6 Å². The molecule has 0 saturated heterocycles. The van der Waals surface area contributed by atoms with E-state index in [0.717, 1.165) is 17.8 Å². The van der Waals surface area contributed by atoms with Crippen LogP contribution in [0.3, 0.4) is 0 Å². The van der Waals surface area contributed by atoms with Crippen LogP contribution in [0.4, 0.5) is 20.2 Å². The number of hydrogen-bond acceptors (Lipinski definition) is 2. The fourth-order valence-electron chi connectivity index (χ4n) is 1.81. The Kier molecular flexibility index (Phi) is 3.19. The predicted molar refractivity (Wildman–Crippen MR) is 70.5 cm³/mol.